The topological polar surface area (TPSA) is 83.5 Å². The van der Waals surface area contributed by atoms with Gasteiger partial charge in [0.05, 0.1) is 0 Å². The summed E-state index contributed by atoms with van der Waals surface area (Å²) in [5.74, 6) is -1.09. The third-order valence-electron chi connectivity index (χ3n) is 2.23. The fourth-order valence-corrected chi connectivity index (χ4v) is 4.92. The molecule has 0 aliphatic rings. The van der Waals surface area contributed by atoms with Crippen molar-refractivity contribution in [3.63, 3.8) is 0 Å². The first-order valence-electron chi connectivity index (χ1n) is 5.10. The van der Waals surface area contributed by atoms with Crippen molar-refractivity contribution in [3.05, 3.63) is 44.2 Å². The molecule has 0 amide bonds. The summed E-state index contributed by atoms with van der Waals surface area (Å²) in [5, 5.41) is 9.06. The van der Waals surface area contributed by atoms with Crippen LogP contribution in [0.5, 0.6) is 0 Å². The number of carboxylic acids is 1. The van der Waals surface area contributed by atoms with Crippen LogP contribution in [0.25, 0.3) is 0 Å². The van der Waals surface area contributed by atoms with Crippen molar-refractivity contribution in [2.24, 2.45) is 0 Å². The third-order valence-corrected chi connectivity index (χ3v) is 6.21. The molecule has 0 spiro atoms. The number of sulfonamides is 1. The number of carboxylic acid groups (broad SMARTS) is 1. The SMILES string of the molecule is O=C(O)c1ccc(NS(=O)(=O)c2cc(Br)ccc2Br)s1. The molecular weight excluding hydrogens is 434 g/mol. The minimum Gasteiger partial charge on any atom is -0.477 e. The standard InChI is InChI=1S/C11H7Br2NO4S2/c12-6-1-2-7(13)9(5-6)20(17,18)14-10-4-3-8(19-10)11(15)16/h1-5,14H,(H,15,16). The molecule has 2 N–H and O–H groups in total. The van der Waals surface area contributed by atoms with Crippen LogP contribution < -0.4 is 4.72 Å². The van der Waals surface area contributed by atoms with Gasteiger partial charge in [0.25, 0.3) is 10.0 Å². The van der Waals surface area contributed by atoms with Crippen LogP contribution in [0.4, 0.5) is 5.00 Å². The summed E-state index contributed by atoms with van der Waals surface area (Å²) in [6.45, 7) is 0. The molecule has 5 nitrogen and oxygen atoms in total. The summed E-state index contributed by atoms with van der Waals surface area (Å²) >= 11 is 7.24. The van der Waals surface area contributed by atoms with Gasteiger partial charge in [-0.1, -0.05) is 15.9 Å². The third kappa shape index (κ3) is 3.40. The number of hydrogen-bond acceptors (Lipinski definition) is 4. The number of carbonyl (C=O) groups is 1. The number of benzene rings is 1. The van der Waals surface area contributed by atoms with E-state index in [4.69, 9.17) is 5.11 Å². The fraction of sp³-hybridized carbons (Fsp3) is 0. The monoisotopic (exact) mass is 439 g/mol. The minimum absolute atomic E-state index is 0.0657. The van der Waals surface area contributed by atoms with Crippen LogP contribution in [0, 0.1) is 0 Å². The van der Waals surface area contributed by atoms with Crippen molar-refractivity contribution < 1.29 is 18.3 Å². The van der Waals surface area contributed by atoms with Crippen molar-refractivity contribution in [3.8, 4) is 0 Å². The highest BCUT2D eigenvalue weighted by atomic mass is 79.9. The normalized spacial score (nSPS) is 11.3. The van der Waals surface area contributed by atoms with Gasteiger partial charge in [0.2, 0.25) is 0 Å². The Balaban J connectivity index is 2.35. The van der Waals surface area contributed by atoms with E-state index in [0.29, 0.717) is 8.95 Å². The van der Waals surface area contributed by atoms with Crippen LogP contribution in [-0.4, -0.2) is 19.5 Å². The molecule has 106 valence electrons. The van der Waals surface area contributed by atoms with Crippen molar-refractivity contribution in [2.75, 3.05) is 4.72 Å². The van der Waals surface area contributed by atoms with E-state index in [1.165, 1.54) is 18.2 Å². The van der Waals surface area contributed by atoms with E-state index in [0.717, 1.165) is 11.3 Å². The van der Waals surface area contributed by atoms with E-state index in [2.05, 4.69) is 36.6 Å². The van der Waals surface area contributed by atoms with Crippen LogP contribution in [0.15, 0.2) is 44.2 Å². The molecule has 0 fully saturated rings. The summed E-state index contributed by atoms with van der Waals surface area (Å²) < 4.78 is 27.9. The van der Waals surface area contributed by atoms with Crippen molar-refractivity contribution in [1.82, 2.24) is 0 Å². The van der Waals surface area contributed by atoms with Crippen molar-refractivity contribution in [2.45, 2.75) is 4.90 Å². The van der Waals surface area contributed by atoms with Gasteiger partial charge in [-0.3, -0.25) is 4.72 Å². The zero-order valence-electron chi connectivity index (χ0n) is 9.63. The Labute approximate surface area is 135 Å². The summed E-state index contributed by atoms with van der Waals surface area (Å²) in [6, 6.07) is 7.53. The van der Waals surface area contributed by atoms with Crippen molar-refractivity contribution >= 4 is 64.2 Å². The number of anilines is 1. The number of thiophene rings is 1. The van der Waals surface area contributed by atoms with E-state index in [1.807, 2.05) is 0 Å². The quantitative estimate of drug-likeness (QED) is 0.757. The lowest BCUT2D eigenvalue weighted by atomic mass is 10.4. The van der Waals surface area contributed by atoms with Gasteiger partial charge in [0.15, 0.2) is 0 Å². The molecular formula is C11H7Br2NO4S2. The first-order valence-corrected chi connectivity index (χ1v) is 8.99. The van der Waals surface area contributed by atoms with Gasteiger partial charge in [-0.25, -0.2) is 13.2 Å². The van der Waals surface area contributed by atoms with Gasteiger partial charge in [-0.15, -0.1) is 11.3 Å². The Hall–Kier alpha value is -0.900. The van der Waals surface area contributed by atoms with Gasteiger partial charge in [0, 0.05) is 8.95 Å². The van der Waals surface area contributed by atoms with E-state index in [-0.39, 0.29) is 14.8 Å². The number of aromatic carboxylic acids is 1. The lowest BCUT2D eigenvalue weighted by Crippen LogP contribution is -2.12. The Morgan fingerprint density at radius 1 is 1.20 bits per heavy atom. The molecule has 0 radical (unpaired) electrons. The maximum atomic E-state index is 12.3. The molecule has 2 rings (SSSR count). The molecule has 0 aliphatic carbocycles. The molecule has 0 saturated heterocycles. The molecule has 20 heavy (non-hydrogen) atoms. The predicted molar refractivity (Wildman–Crippen MR) is 83.9 cm³/mol. The lowest BCUT2D eigenvalue weighted by Gasteiger charge is -2.08. The maximum Gasteiger partial charge on any atom is 0.345 e. The van der Waals surface area contributed by atoms with Gasteiger partial charge >= 0.3 is 5.97 Å². The molecule has 1 aromatic carbocycles. The molecule has 0 bridgehead atoms. The van der Waals surface area contributed by atoms with Gasteiger partial charge in [-0.05, 0) is 46.3 Å². The fourth-order valence-electron chi connectivity index (χ4n) is 1.38. The second kappa shape index (κ2) is 5.84. The van der Waals surface area contributed by atoms with Crippen LogP contribution >= 0.6 is 43.2 Å². The van der Waals surface area contributed by atoms with Gasteiger partial charge in [-0.2, -0.15) is 0 Å². The number of halogens is 2. The Bertz CT molecular complexity index is 770. The summed E-state index contributed by atoms with van der Waals surface area (Å²) in [6.07, 6.45) is 0. The highest BCUT2D eigenvalue weighted by Gasteiger charge is 2.19. The average molecular weight is 441 g/mol. The summed E-state index contributed by atoms with van der Waals surface area (Å²) in [7, 11) is -3.79. The first-order chi connectivity index (χ1) is 9.29. The summed E-state index contributed by atoms with van der Waals surface area (Å²) in [4.78, 5) is 10.9. The highest BCUT2D eigenvalue weighted by molar-refractivity contribution is 9.11. The molecule has 1 heterocycles. The highest BCUT2D eigenvalue weighted by Crippen LogP contribution is 2.29. The Morgan fingerprint density at radius 2 is 1.90 bits per heavy atom. The van der Waals surface area contributed by atoms with Crippen molar-refractivity contribution in [1.29, 1.82) is 0 Å². The molecule has 0 atom stereocenters. The molecule has 0 unspecified atom stereocenters. The maximum absolute atomic E-state index is 12.3. The largest absolute Gasteiger partial charge is 0.477 e. The molecule has 9 heteroatoms. The number of nitrogens with one attached hydrogen (secondary N) is 1. The molecule has 2 aromatic rings. The smallest absolute Gasteiger partial charge is 0.345 e. The Morgan fingerprint density at radius 3 is 2.50 bits per heavy atom. The second-order valence-electron chi connectivity index (χ2n) is 3.65. The number of rotatable bonds is 4. The molecule has 1 aromatic heterocycles. The lowest BCUT2D eigenvalue weighted by molar-refractivity contribution is 0.0702. The predicted octanol–water partition coefficient (Wildman–Crippen LogP) is 3.77. The molecule has 0 saturated carbocycles. The second-order valence-corrected chi connectivity index (χ2v) is 8.15. The van der Waals surface area contributed by atoms with Gasteiger partial charge in [0.1, 0.15) is 14.8 Å². The minimum atomic E-state index is -3.79. The summed E-state index contributed by atoms with van der Waals surface area (Å²) in [5.41, 5.74) is 0. The Kier molecular flexibility index (Phi) is 4.52. The van der Waals surface area contributed by atoms with Crippen LogP contribution in [0.3, 0.4) is 0 Å². The van der Waals surface area contributed by atoms with Crippen LogP contribution in [-0.2, 0) is 10.0 Å². The van der Waals surface area contributed by atoms with E-state index in [1.54, 1.807) is 12.1 Å². The molecule has 0 aliphatic heterocycles. The van der Waals surface area contributed by atoms with E-state index < -0.39 is 16.0 Å². The zero-order chi connectivity index (χ0) is 14.9. The van der Waals surface area contributed by atoms with Crippen LogP contribution in [0.2, 0.25) is 0 Å². The zero-order valence-corrected chi connectivity index (χ0v) is 14.4. The number of hydrogen-bond donors (Lipinski definition) is 2. The first kappa shape index (κ1) is 15.5. The van der Waals surface area contributed by atoms with Crippen LogP contribution in [0.1, 0.15) is 9.67 Å². The average Bonchev–Trinajstić information content (AvgIpc) is 2.80. The van der Waals surface area contributed by atoms with E-state index >= 15 is 0 Å². The van der Waals surface area contributed by atoms with Gasteiger partial charge < -0.3 is 5.11 Å². The van der Waals surface area contributed by atoms with E-state index in [9.17, 15) is 13.2 Å².